The molecule has 0 bridgehead atoms. The monoisotopic (exact) mass is 417 g/mol. The number of carbonyl (C=O) groups is 2. The summed E-state index contributed by atoms with van der Waals surface area (Å²) in [5.74, 6) is 0.647. The Morgan fingerprint density at radius 3 is 2.62 bits per heavy atom. The Morgan fingerprint density at radius 2 is 1.86 bits per heavy atom. The SMILES string of the molecule is Cl.NC(=O)Nc1cccc(CN2C(=O)COc3c(N4CCNCC4)cccc32)c1. The van der Waals surface area contributed by atoms with Crippen LogP contribution in [0.25, 0.3) is 0 Å². The van der Waals surface area contributed by atoms with Crippen LogP contribution in [0.2, 0.25) is 0 Å². The number of halogens is 1. The maximum atomic E-state index is 12.6. The average molecular weight is 418 g/mol. The standard InChI is InChI=1S/C20H23N5O3.ClH/c21-20(27)23-15-4-1-3-14(11-15)12-25-17-6-2-5-16(19(17)28-13-18(25)26)24-9-7-22-8-10-24;/h1-6,11,22H,7-10,12-13H2,(H3,21,23,27);1H. The predicted molar refractivity (Wildman–Crippen MR) is 115 cm³/mol. The molecule has 8 nitrogen and oxygen atoms in total. The largest absolute Gasteiger partial charge is 0.479 e. The number of para-hydroxylation sites is 1. The van der Waals surface area contributed by atoms with Crippen molar-refractivity contribution in [3.8, 4) is 5.75 Å². The van der Waals surface area contributed by atoms with Gasteiger partial charge in [0.15, 0.2) is 12.4 Å². The number of rotatable bonds is 4. The molecule has 9 heteroatoms. The van der Waals surface area contributed by atoms with E-state index in [2.05, 4.69) is 15.5 Å². The number of hydrogen-bond acceptors (Lipinski definition) is 5. The summed E-state index contributed by atoms with van der Waals surface area (Å²) < 4.78 is 5.84. The Hall–Kier alpha value is -2.97. The summed E-state index contributed by atoms with van der Waals surface area (Å²) in [6.45, 7) is 4.03. The lowest BCUT2D eigenvalue weighted by atomic mass is 10.1. The number of fused-ring (bicyclic) bond motifs is 1. The molecule has 0 atom stereocenters. The van der Waals surface area contributed by atoms with Crippen molar-refractivity contribution >= 4 is 41.4 Å². The molecule has 2 aromatic rings. The van der Waals surface area contributed by atoms with Gasteiger partial charge in [-0.1, -0.05) is 18.2 Å². The van der Waals surface area contributed by atoms with Gasteiger partial charge in [-0.05, 0) is 29.8 Å². The molecule has 2 heterocycles. The minimum Gasteiger partial charge on any atom is -0.479 e. The molecule has 0 radical (unpaired) electrons. The number of ether oxygens (including phenoxy) is 1. The first kappa shape index (κ1) is 20.8. The molecular formula is C20H24ClN5O3. The van der Waals surface area contributed by atoms with Crippen molar-refractivity contribution in [1.82, 2.24) is 5.32 Å². The van der Waals surface area contributed by atoms with Gasteiger partial charge in [0.1, 0.15) is 0 Å². The summed E-state index contributed by atoms with van der Waals surface area (Å²) in [5, 5.41) is 5.91. The second-order valence-electron chi connectivity index (χ2n) is 6.82. The van der Waals surface area contributed by atoms with E-state index in [9.17, 15) is 9.59 Å². The molecule has 1 saturated heterocycles. The van der Waals surface area contributed by atoms with Gasteiger partial charge in [-0.25, -0.2) is 4.79 Å². The fraction of sp³-hybridized carbons (Fsp3) is 0.300. The van der Waals surface area contributed by atoms with Gasteiger partial charge in [-0.2, -0.15) is 0 Å². The number of nitrogens with one attached hydrogen (secondary N) is 2. The number of benzene rings is 2. The average Bonchev–Trinajstić information content (AvgIpc) is 2.70. The Bertz CT molecular complexity index is 901. The third-order valence-corrected chi connectivity index (χ3v) is 4.90. The fourth-order valence-corrected chi connectivity index (χ4v) is 3.62. The molecule has 154 valence electrons. The lowest BCUT2D eigenvalue weighted by molar-refractivity contribution is -0.121. The lowest BCUT2D eigenvalue weighted by Crippen LogP contribution is -2.44. The molecule has 0 unspecified atom stereocenters. The van der Waals surface area contributed by atoms with Crippen LogP contribution in [0.5, 0.6) is 5.75 Å². The van der Waals surface area contributed by atoms with E-state index < -0.39 is 6.03 Å². The summed E-state index contributed by atoms with van der Waals surface area (Å²) in [6, 6.07) is 12.6. The van der Waals surface area contributed by atoms with Crippen molar-refractivity contribution in [2.45, 2.75) is 6.54 Å². The predicted octanol–water partition coefficient (Wildman–Crippen LogP) is 1.93. The Balaban J connectivity index is 0.00000240. The third kappa shape index (κ3) is 4.55. The quantitative estimate of drug-likeness (QED) is 0.705. The van der Waals surface area contributed by atoms with E-state index in [0.717, 1.165) is 48.9 Å². The fourth-order valence-electron chi connectivity index (χ4n) is 3.62. The number of carbonyl (C=O) groups excluding carboxylic acids is 2. The van der Waals surface area contributed by atoms with Gasteiger partial charge in [0.05, 0.1) is 17.9 Å². The number of hydrogen-bond donors (Lipinski definition) is 3. The van der Waals surface area contributed by atoms with E-state index in [-0.39, 0.29) is 24.9 Å². The van der Waals surface area contributed by atoms with Crippen LogP contribution < -0.4 is 30.9 Å². The van der Waals surface area contributed by atoms with Crippen LogP contribution in [0.1, 0.15) is 5.56 Å². The van der Waals surface area contributed by atoms with Gasteiger partial charge >= 0.3 is 6.03 Å². The second-order valence-corrected chi connectivity index (χ2v) is 6.82. The highest BCUT2D eigenvalue weighted by molar-refractivity contribution is 5.99. The smallest absolute Gasteiger partial charge is 0.316 e. The van der Waals surface area contributed by atoms with Crippen molar-refractivity contribution in [3.05, 3.63) is 48.0 Å². The topological polar surface area (TPSA) is 99.9 Å². The molecule has 4 N–H and O–H groups in total. The van der Waals surface area contributed by atoms with Crippen molar-refractivity contribution in [2.75, 3.05) is 47.9 Å². The highest BCUT2D eigenvalue weighted by Gasteiger charge is 2.29. The lowest BCUT2D eigenvalue weighted by Gasteiger charge is -2.35. The number of anilines is 3. The van der Waals surface area contributed by atoms with Crippen molar-refractivity contribution in [1.29, 1.82) is 0 Å². The molecule has 1 fully saturated rings. The number of piperazine rings is 1. The van der Waals surface area contributed by atoms with Crippen LogP contribution in [0.3, 0.4) is 0 Å². The van der Waals surface area contributed by atoms with E-state index in [0.29, 0.717) is 12.2 Å². The molecule has 0 aromatic heterocycles. The van der Waals surface area contributed by atoms with Crippen LogP contribution >= 0.6 is 12.4 Å². The van der Waals surface area contributed by atoms with E-state index in [1.54, 1.807) is 11.0 Å². The van der Waals surface area contributed by atoms with Gasteiger partial charge in [0, 0.05) is 31.9 Å². The van der Waals surface area contributed by atoms with Gasteiger partial charge in [0.2, 0.25) is 0 Å². The van der Waals surface area contributed by atoms with Crippen molar-refractivity contribution in [3.63, 3.8) is 0 Å². The van der Waals surface area contributed by atoms with Crippen molar-refractivity contribution < 1.29 is 14.3 Å². The molecule has 0 aliphatic carbocycles. The summed E-state index contributed by atoms with van der Waals surface area (Å²) in [4.78, 5) is 27.7. The minimum atomic E-state index is -0.620. The van der Waals surface area contributed by atoms with E-state index in [1.165, 1.54) is 0 Å². The van der Waals surface area contributed by atoms with E-state index in [1.807, 2.05) is 36.4 Å². The van der Waals surface area contributed by atoms with E-state index >= 15 is 0 Å². The Morgan fingerprint density at radius 1 is 1.14 bits per heavy atom. The normalized spacial score (nSPS) is 15.8. The minimum absolute atomic E-state index is 0. The zero-order valence-corrected chi connectivity index (χ0v) is 16.7. The second kappa shape index (κ2) is 9.02. The Kier molecular flexibility index (Phi) is 6.46. The molecule has 2 aliphatic heterocycles. The maximum Gasteiger partial charge on any atom is 0.316 e. The highest BCUT2D eigenvalue weighted by Crippen LogP contribution is 2.41. The van der Waals surface area contributed by atoms with Gasteiger partial charge in [-0.3, -0.25) is 4.79 Å². The third-order valence-electron chi connectivity index (χ3n) is 4.90. The zero-order valence-electron chi connectivity index (χ0n) is 15.9. The van der Waals surface area contributed by atoms with Gasteiger partial charge < -0.3 is 30.9 Å². The first-order valence-electron chi connectivity index (χ1n) is 9.29. The van der Waals surface area contributed by atoms with Gasteiger partial charge in [-0.15, -0.1) is 12.4 Å². The molecule has 2 aromatic carbocycles. The number of nitrogens with zero attached hydrogens (tertiary/aromatic N) is 2. The first-order chi connectivity index (χ1) is 13.6. The molecular weight excluding hydrogens is 394 g/mol. The number of primary amides is 1. The summed E-state index contributed by atoms with van der Waals surface area (Å²) >= 11 is 0. The number of nitrogens with two attached hydrogens (primary N) is 1. The van der Waals surface area contributed by atoms with Crippen LogP contribution in [-0.2, 0) is 11.3 Å². The molecule has 29 heavy (non-hydrogen) atoms. The zero-order chi connectivity index (χ0) is 19.5. The molecule has 4 rings (SSSR count). The maximum absolute atomic E-state index is 12.6. The molecule has 0 spiro atoms. The number of urea groups is 1. The molecule has 0 saturated carbocycles. The summed E-state index contributed by atoms with van der Waals surface area (Å²) in [5.41, 5.74) is 8.46. The van der Waals surface area contributed by atoms with Gasteiger partial charge in [0.25, 0.3) is 5.91 Å². The summed E-state index contributed by atoms with van der Waals surface area (Å²) in [7, 11) is 0. The summed E-state index contributed by atoms with van der Waals surface area (Å²) in [6.07, 6.45) is 0. The van der Waals surface area contributed by atoms with Crippen LogP contribution in [0, 0.1) is 0 Å². The van der Waals surface area contributed by atoms with Crippen molar-refractivity contribution in [2.24, 2.45) is 5.73 Å². The molecule has 2 aliphatic rings. The van der Waals surface area contributed by atoms with Crippen LogP contribution in [0.4, 0.5) is 21.9 Å². The van der Waals surface area contributed by atoms with Crippen LogP contribution in [-0.4, -0.2) is 44.7 Å². The van der Waals surface area contributed by atoms with Crippen LogP contribution in [0.15, 0.2) is 42.5 Å². The highest BCUT2D eigenvalue weighted by atomic mass is 35.5. The molecule has 3 amide bonds. The Labute approximate surface area is 175 Å². The van der Waals surface area contributed by atoms with E-state index in [4.69, 9.17) is 10.5 Å². The first-order valence-corrected chi connectivity index (χ1v) is 9.29. The number of amides is 3.